The van der Waals surface area contributed by atoms with Crippen LogP contribution in [0.4, 0.5) is 0 Å². The lowest BCUT2D eigenvalue weighted by atomic mass is 9.85. The third-order valence-corrected chi connectivity index (χ3v) is 5.94. The summed E-state index contributed by atoms with van der Waals surface area (Å²) >= 11 is 0. The zero-order valence-electron chi connectivity index (χ0n) is 16.4. The first kappa shape index (κ1) is 18.2. The number of hydrogen-bond acceptors (Lipinski definition) is 3. The van der Waals surface area contributed by atoms with E-state index in [4.69, 9.17) is 0 Å². The van der Waals surface area contributed by atoms with Crippen molar-refractivity contribution in [1.82, 2.24) is 20.4 Å². The highest BCUT2D eigenvalue weighted by Crippen LogP contribution is 2.32. The maximum Gasteiger partial charge on any atom is 0.272 e. The summed E-state index contributed by atoms with van der Waals surface area (Å²) in [5.74, 6) is 0.429. The summed E-state index contributed by atoms with van der Waals surface area (Å²) in [5, 5.41) is 11.2. The fourth-order valence-corrected chi connectivity index (χ4v) is 4.28. The Hall–Kier alpha value is -2.14. The maximum absolute atomic E-state index is 12.8. The van der Waals surface area contributed by atoms with Gasteiger partial charge in [0, 0.05) is 12.7 Å². The van der Waals surface area contributed by atoms with Gasteiger partial charge in [-0.05, 0) is 67.3 Å². The molecule has 1 aromatic carbocycles. The summed E-state index contributed by atoms with van der Waals surface area (Å²) in [4.78, 5) is 12.8. The summed E-state index contributed by atoms with van der Waals surface area (Å²) in [6.45, 7) is 6.43. The van der Waals surface area contributed by atoms with Gasteiger partial charge in [-0.15, -0.1) is 0 Å². The first-order chi connectivity index (χ1) is 13.1. The summed E-state index contributed by atoms with van der Waals surface area (Å²) in [7, 11) is 0. The minimum atomic E-state index is -0.0645. The lowest BCUT2D eigenvalue weighted by molar-refractivity contribution is 0.0926. The van der Waals surface area contributed by atoms with Crippen LogP contribution >= 0.6 is 0 Å². The standard InChI is InChI=1S/C22H30N4O/c1-15(2)17-9-8-16-5-3-7-20(19(16)13-17)24-22(27)21-10-12-26(25-21)18-6-4-11-23-14-18/h8-10,12-13,15,18,20,23H,3-7,11,14H2,1-2H3,(H,24,27)/t18?,20-/m1/s1. The van der Waals surface area contributed by atoms with Crippen LogP contribution in [-0.2, 0) is 6.42 Å². The van der Waals surface area contributed by atoms with Crippen LogP contribution < -0.4 is 10.6 Å². The molecule has 2 atom stereocenters. The number of hydrogen-bond donors (Lipinski definition) is 2. The van der Waals surface area contributed by atoms with Gasteiger partial charge in [-0.3, -0.25) is 9.48 Å². The van der Waals surface area contributed by atoms with E-state index in [2.05, 4.69) is 47.8 Å². The lowest BCUT2D eigenvalue weighted by Crippen LogP contribution is -2.33. The first-order valence-corrected chi connectivity index (χ1v) is 10.3. The van der Waals surface area contributed by atoms with Crippen LogP contribution in [0.25, 0.3) is 0 Å². The van der Waals surface area contributed by atoms with Gasteiger partial charge in [-0.1, -0.05) is 32.0 Å². The minimum Gasteiger partial charge on any atom is -0.344 e. The van der Waals surface area contributed by atoms with E-state index >= 15 is 0 Å². The Bertz CT molecular complexity index is 804. The second-order valence-electron chi connectivity index (χ2n) is 8.21. The number of aromatic nitrogens is 2. The van der Waals surface area contributed by atoms with Crippen molar-refractivity contribution in [2.45, 2.75) is 64.0 Å². The van der Waals surface area contributed by atoms with E-state index in [9.17, 15) is 4.79 Å². The van der Waals surface area contributed by atoms with Gasteiger partial charge in [0.25, 0.3) is 5.91 Å². The molecule has 5 heteroatoms. The largest absolute Gasteiger partial charge is 0.344 e. The summed E-state index contributed by atoms with van der Waals surface area (Å²) in [6.07, 6.45) is 7.42. The second kappa shape index (κ2) is 7.85. The van der Waals surface area contributed by atoms with Crippen LogP contribution in [-0.4, -0.2) is 28.8 Å². The third-order valence-electron chi connectivity index (χ3n) is 5.94. The van der Waals surface area contributed by atoms with Gasteiger partial charge in [-0.2, -0.15) is 5.10 Å². The molecule has 1 saturated heterocycles. The summed E-state index contributed by atoms with van der Waals surface area (Å²) in [5.41, 5.74) is 4.52. The van der Waals surface area contributed by atoms with Crippen LogP contribution in [0.5, 0.6) is 0 Å². The number of piperidine rings is 1. The average Bonchev–Trinajstić information content (AvgIpc) is 3.19. The Morgan fingerprint density at radius 1 is 1.26 bits per heavy atom. The zero-order valence-corrected chi connectivity index (χ0v) is 16.4. The molecule has 5 nitrogen and oxygen atoms in total. The monoisotopic (exact) mass is 366 g/mol. The summed E-state index contributed by atoms with van der Waals surface area (Å²) in [6, 6.07) is 9.04. The van der Waals surface area contributed by atoms with E-state index in [0.29, 0.717) is 17.7 Å². The number of fused-ring (bicyclic) bond motifs is 1. The molecule has 4 rings (SSSR count). The number of aryl methyl sites for hydroxylation is 1. The number of amides is 1. The van der Waals surface area contributed by atoms with Crippen molar-refractivity contribution >= 4 is 5.91 Å². The maximum atomic E-state index is 12.8. The van der Waals surface area contributed by atoms with Crippen LogP contribution in [0.3, 0.4) is 0 Å². The minimum absolute atomic E-state index is 0.0645. The van der Waals surface area contributed by atoms with Crippen molar-refractivity contribution in [3.63, 3.8) is 0 Å². The molecule has 144 valence electrons. The van der Waals surface area contributed by atoms with Crippen molar-refractivity contribution in [3.05, 3.63) is 52.8 Å². The molecule has 0 radical (unpaired) electrons. The Kier molecular flexibility index (Phi) is 5.30. The molecule has 1 unspecified atom stereocenters. The Morgan fingerprint density at radius 3 is 2.93 bits per heavy atom. The normalized spacial score (nSPS) is 22.5. The lowest BCUT2D eigenvalue weighted by Gasteiger charge is -2.27. The van der Waals surface area contributed by atoms with E-state index in [0.717, 1.165) is 45.2 Å². The molecule has 1 amide bonds. The van der Waals surface area contributed by atoms with Crippen LogP contribution in [0.2, 0.25) is 0 Å². The van der Waals surface area contributed by atoms with Gasteiger partial charge in [0.05, 0.1) is 12.1 Å². The molecule has 2 heterocycles. The Labute approximate surface area is 161 Å². The number of carbonyl (C=O) groups excluding carboxylic acids is 1. The molecule has 2 aromatic rings. The highest BCUT2D eigenvalue weighted by atomic mass is 16.2. The number of carbonyl (C=O) groups is 1. The molecule has 2 aliphatic rings. The predicted octanol–water partition coefficient (Wildman–Crippen LogP) is 3.74. The number of benzene rings is 1. The van der Waals surface area contributed by atoms with Crippen LogP contribution in [0, 0.1) is 0 Å². The van der Waals surface area contributed by atoms with Crippen molar-refractivity contribution in [1.29, 1.82) is 0 Å². The average molecular weight is 367 g/mol. The van der Waals surface area contributed by atoms with Gasteiger partial charge < -0.3 is 10.6 Å². The van der Waals surface area contributed by atoms with Gasteiger partial charge in [0.1, 0.15) is 5.69 Å². The van der Waals surface area contributed by atoms with E-state index in [1.54, 1.807) is 0 Å². The fraction of sp³-hybridized carbons (Fsp3) is 0.545. The van der Waals surface area contributed by atoms with E-state index < -0.39 is 0 Å². The molecule has 1 aliphatic carbocycles. The van der Waals surface area contributed by atoms with Gasteiger partial charge in [0.15, 0.2) is 0 Å². The molecule has 1 aromatic heterocycles. The molecule has 2 N–H and O–H groups in total. The van der Waals surface area contributed by atoms with Crippen LogP contribution in [0.1, 0.15) is 84.7 Å². The zero-order chi connectivity index (χ0) is 18.8. The molecule has 1 fully saturated rings. The van der Waals surface area contributed by atoms with Crippen molar-refractivity contribution in [2.75, 3.05) is 13.1 Å². The predicted molar refractivity (Wildman–Crippen MR) is 107 cm³/mol. The van der Waals surface area contributed by atoms with Crippen molar-refractivity contribution in [3.8, 4) is 0 Å². The summed E-state index contributed by atoms with van der Waals surface area (Å²) < 4.78 is 1.95. The van der Waals surface area contributed by atoms with E-state index in [1.807, 2.05) is 16.9 Å². The number of nitrogens with one attached hydrogen (secondary N) is 2. The quantitative estimate of drug-likeness (QED) is 0.867. The fourth-order valence-electron chi connectivity index (χ4n) is 4.28. The highest BCUT2D eigenvalue weighted by Gasteiger charge is 2.24. The van der Waals surface area contributed by atoms with Gasteiger partial charge in [-0.25, -0.2) is 0 Å². The Morgan fingerprint density at radius 2 is 2.15 bits per heavy atom. The third kappa shape index (κ3) is 3.93. The second-order valence-corrected chi connectivity index (χ2v) is 8.21. The molecule has 27 heavy (non-hydrogen) atoms. The molecule has 1 aliphatic heterocycles. The molecular formula is C22H30N4O. The molecule has 0 spiro atoms. The smallest absolute Gasteiger partial charge is 0.272 e. The van der Waals surface area contributed by atoms with Crippen LogP contribution in [0.15, 0.2) is 30.5 Å². The highest BCUT2D eigenvalue weighted by molar-refractivity contribution is 5.92. The molecule has 0 saturated carbocycles. The SMILES string of the molecule is CC(C)c1ccc2c(c1)[C@H](NC(=O)c1ccn(C3CCCNC3)n1)CCC2. The first-order valence-electron chi connectivity index (χ1n) is 10.3. The Balaban J connectivity index is 1.49. The van der Waals surface area contributed by atoms with Gasteiger partial charge in [0.2, 0.25) is 0 Å². The van der Waals surface area contributed by atoms with Crippen molar-refractivity contribution in [2.24, 2.45) is 0 Å². The topological polar surface area (TPSA) is 59.0 Å². The number of nitrogens with zero attached hydrogens (tertiary/aromatic N) is 2. The molecule has 0 bridgehead atoms. The van der Waals surface area contributed by atoms with E-state index in [-0.39, 0.29) is 11.9 Å². The van der Waals surface area contributed by atoms with E-state index in [1.165, 1.54) is 16.7 Å². The molecular weight excluding hydrogens is 336 g/mol. The number of rotatable bonds is 4. The van der Waals surface area contributed by atoms with Gasteiger partial charge >= 0.3 is 0 Å². The van der Waals surface area contributed by atoms with Crippen molar-refractivity contribution < 1.29 is 4.79 Å².